The third kappa shape index (κ3) is 3.68. The van der Waals surface area contributed by atoms with Crippen molar-refractivity contribution in [3.05, 3.63) is 53.5 Å². The third-order valence-corrected chi connectivity index (χ3v) is 4.49. The van der Waals surface area contributed by atoms with E-state index in [4.69, 9.17) is 5.84 Å². The van der Waals surface area contributed by atoms with E-state index in [1.165, 1.54) is 24.4 Å². The van der Waals surface area contributed by atoms with Crippen molar-refractivity contribution in [2.75, 3.05) is 23.9 Å². The number of pyridine rings is 1. The highest BCUT2D eigenvalue weighted by Crippen LogP contribution is 2.49. The summed E-state index contributed by atoms with van der Waals surface area (Å²) >= 11 is 0. The number of hydrogen-bond donors (Lipinski definition) is 2. The van der Waals surface area contributed by atoms with Crippen molar-refractivity contribution in [2.45, 2.75) is 18.5 Å². The number of nitrogen functional groups attached to an aromatic ring is 1. The van der Waals surface area contributed by atoms with Crippen LogP contribution in [-0.4, -0.2) is 18.6 Å². The van der Waals surface area contributed by atoms with Gasteiger partial charge in [0, 0.05) is 19.8 Å². The quantitative estimate of drug-likeness (QED) is 0.488. The van der Waals surface area contributed by atoms with Gasteiger partial charge in [-0.3, -0.25) is 0 Å². The van der Waals surface area contributed by atoms with Crippen LogP contribution >= 0.6 is 0 Å². The summed E-state index contributed by atoms with van der Waals surface area (Å²) in [6.45, 7) is 0.457. The van der Waals surface area contributed by atoms with E-state index in [9.17, 15) is 17.6 Å². The molecule has 3 rings (SSSR count). The predicted octanol–water partition coefficient (Wildman–Crippen LogP) is 3.77. The molecule has 1 aromatic heterocycles. The Labute approximate surface area is 142 Å². The van der Waals surface area contributed by atoms with E-state index in [-0.39, 0.29) is 23.3 Å². The zero-order valence-corrected chi connectivity index (χ0v) is 13.5. The second-order valence-electron chi connectivity index (χ2n) is 6.23. The molecule has 0 spiro atoms. The summed E-state index contributed by atoms with van der Waals surface area (Å²) in [5, 5.41) is 0. The molecule has 1 aliphatic carbocycles. The molecular weight excluding hydrogens is 336 g/mol. The van der Waals surface area contributed by atoms with Gasteiger partial charge < -0.3 is 10.3 Å². The van der Waals surface area contributed by atoms with Gasteiger partial charge in [0.25, 0.3) is 0 Å². The number of anilines is 2. The number of hydrazine groups is 1. The summed E-state index contributed by atoms with van der Waals surface area (Å²) < 4.78 is 53.2. The molecule has 1 heterocycles. The topological polar surface area (TPSA) is 54.2 Å². The van der Waals surface area contributed by atoms with Crippen LogP contribution in [0.3, 0.4) is 0 Å². The minimum absolute atomic E-state index is 0.0280. The first-order chi connectivity index (χ1) is 11.8. The van der Waals surface area contributed by atoms with E-state index in [1.54, 1.807) is 24.1 Å². The Balaban J connectivity index is 1.76. The fourth-order valence-electron chi connectivity index (χ4n) is 3.18. The van der Waals surface area contributed by atoms with E-state index < -0.39 is 17.6 Å². The molecule has 2 unspecified atom stereocenters. The summed E-state index contributed by atoms with van der Waals surface area (Å²) in [5.41, 5.74) is 2.17. The fraction of sp³-hybridized carbons (Fsp3) is 0.353. The molecule has 0 aliphatic heterocycles. The number of nitrogens with zero attached hydrogens (tertiary/aromatic N) is 2. The van der Waals surface area contributed by atoms with Crippen LogP contribution in [-0.2, 0) is 6.18 Å². The summed E-state index contributed by atoms with van der Waals surface area (Å²) in [7, 11) is 1.62. The van der Waals surface area contributed by atoms with Crippen LogP contribution in [0.1, 0.15) is 23.5 Å². The average Bonchev–Trinajstić information content (AvgIpc) is 3.33. The third-order valence-electron chi connectivity index (χ3n) is 4.49. The summed E-state index contributed by atoms with van der Waals surface area (Å²) in [6, 6.07) is 7.59. The van der Waals surface area contributed by atoms with E-state index >= 15 is 0 Å². The first kappa shape index (κ1) is 17.5. The lowest BCUT2D eigenvalue weighted by atomic mass is 10.1. The van der Waals surface area contributed by atoms with Gasteiger partial charge in [-0.1, -0.05) is 12.1 Å². The first-order valence-corrected chi connectivity index (χ1v) is 7.80. The van der Waals surface area contributed by atoms with Gasteiger partial charge in [-0.2, -0.15) is 13.2 Å². The van der Waals surface area contributed by atoms with Gasteiger partial charge in [-0.05, 0) is 42.0 Å². The number of aromatic nitrogens is 1. The predicted molar refractivity (Wildman–Crippen MR) is 87.6 cm³/mol. The maximum Gasteiger partial charge on any atom is 0.422 e. The molecule has 2 aromatic rings. The lowest BCUT2D eigenvalue weighted by Gasteiger charge is -2.24. The number of alkyl halides is 3. The number of nitrogens with two attached hydrogens (primary N) is 1. The Morgan fingerprint density at radius 1 is 1.24 bits per heavy atom. The maximum atomic E-state index is 13.4. The SMILES string of the molecule is CN(CC1CC1c1ccc(F)cc1)c1ccnc(NN)c1C(F)(F)F. The Kier molecular flexibility index (Phi) is 4.55. The van der Waals surface area contributed by atoms with Gasteiger partial charge in [0.1, 0.15) is 11.4 Å². The number of hydrogen-bond acceptors (Lipinski definition) is 4. The second kappa shape index (κ2) is 6.51. The molecule has 3 N–H and O–H groups in total. The van der Waals surface area contributed by atoms with Crippen molar-refractivity contribution < 1.29 is 17.6 Å². The number of halogens is 4. The molecule has 0 radical (unpaired) electrons. The monoisotopic (exact) mass is 354 g/mol. The van der Waals surface area contributed by atoms with E-state index in [1.807, 2.05) is 5.43 Å². The molecule has 0 saturated heterocycles. The Hall–Kier alpha value is -2.35. The normalized spacial score (nSPS) is 19.6. The molecule has 0 bridgehead atoms. The van der Waals surface area contributed by atoms with Crippen molar-refractivity contribution in [1.82, 2.24) is 4.98 Å². The van der Waals surface area contributed by atoms with Crippen LogP contribution in [0, 0.1) is 11.7 Å². The number of rotatable bonds is 5. The van der Waals surface area contributed by atoms with Crippen molar-refractivity contribution in [1.29, 1.82) is 0 Å². The van der Waals surface area contributed by atoms with E-state index in [2.05, 4.69) is 4.98 Å². The smallest absolute Gasteiger partial charge is 0.374 e. The van der Waals surface area contributed by atoms with Gasteiger partial charge >= 0.3 is 6.18 Å². The lowest BCUT2D eigenvalue weighted by molar-refractivity contribution is -0.136. The van der Waals surface area contributed by atoms with Gasteiger partial charge in [0.05, 0.1) is 5.69 Å². The average molecular weight is 354 g/mol. The molecular formula is C17H18F4N4. The van der Waals surface area contributed by atoms with Crippen molar-refractivity contribution in [3.63, 3.8) is 0 Å². The molecule has 4 nitrogen and oxygen atoms in total. The zero-order valence-electron chi connectivity index (χ0n) is 13.5. The fourth-order valence-corrected chi connectivity index (χ4v) is 3.18. The largest absolute Gasteiger partial charge is 0.422 e. The minimum Gasteiger partial charge on any atom is -0.374 e. The zero-order chi connectivity index (χ0) is 18.2. The molecule has 1 aromatic carbocycles. The van der Waals surface area contributed by atoms with Gasteiger partial charge in [-0.15, -0.1) is 0 Å². The summed E-state index contributed by atoms with van der Waals surface area (Å²) in [4.78, 5) is 5.22. The molecule has 1 saturated carbocycles. The molecule has 134 valence electrons. The van der Waals surface area contributed by atoms with Crippen LogP contribution in [0.2, 0.25) is 0 Å². The second-order valence-corrected chi connectivity index (χ2v) is 6.23. The number of benzene rings is 1. The van der Waals surface area contributed by atoms with Gasteiger partial charge in [0.15, 0.2) is 5.82 Å². The molecule has 25 heavy (non-hydrogen) atoms. The van der Waals surface area contributed by atoms with Crippen LogP contribution in [0.5, 0.6) is 0 Å². The van der Waals surface area contributed by atoms with E-state index in [0.717, 1.165) is 12.0 Å². The highest BCUT2D eigenvalue weighted by molar-refractivity contribution is 5.64. The van der Waals surface area contributed by atoms with E-state index in [0.29, 0.717) is 6.54 Å². The Morgan fingerprint density at radius 2 is 1.92 bits per heavy atom. The molecule has 1 aliphatic rings. The highest BCUT2D eigenvalue weighted by atomic mass is 19.4. The molecule has 8 heteroatoms. The molecule has 2 atom stereocenters. The van der Waals surface area contributed by atoms with Gasteiger partial charge in [0.2, 0.25) is 0 Å². The Bertz CT molecular complexity index is 745. The van der Waals surface area contributed by atoms with Crippen molar-refractivity contribution in [3.8, 4) is 0 Å². The minimum atomic E-state index is -4.57. The number of nitrogens with one attached hydrogen (secondary N) is 1. The standard InChI is InChI=1S/C17H18F4N4/c1-25(9-11-8-13(11)10-2-4-12(18)5-3-10)14-6-7-23-16(24-22)15(14)17(19,20)21/h2-7,11,13H,8-9,22H2,1H3,(H,23,24). The van der Waals surface area contributed by atoms with Crippen LogP contribution in [0.15, 0.2) is 36.5 Å². The first-order valence-electron chi connectivity index (χ1n) is 7.80. The molecule has 0 amide bonds. The molecule has 1 fully saturated rings. The highest BCUT2D eigenvalue weighted by Gasteiger charge is 2.41. The maximum absolute atomic E-state index is 13.4. The van der Waals surface area contributed by atoms with Crippen LogP contribution in [0.4, 0.5) is 29.1 Å². The van der Waals surface area contributed by atoms with Gasteiger partial charge in [-0.25, -0.2) is 15.2 Å². The van der Waals surface area contributed by atoms with Crippen LogP contribution in [0.25, 0.3) is 0 Å². The summed E-state index contributed by atoms with van der Waals surface area (Å²) in [6.07, 6.45) is -2.41. The van der Waals surface area contributed by atoms with Crippen molar-refractivity contribution in [2.24, 2.45) is 11.8 Å². The summed E-state index contributed by atoms with van der Waals surface area (Å²) in [5.74, 6) is 4.94. The van der Waals surface area contributed by atoms with Crippen molar-refractivity contribution >= 4 is 11.5 Å². The Morgan fingerprint density at radius 3 is 2.52 bits per heavy atom. The van der Waals surface area contributed by atoms with Crippen LogP contribution < -0.4 is 16.2 Å². The lowest BCUT2D eigenvalue weighted by Crippen LogP contribution is -2.26.